The minimum absolute atomic E-state index is 0.465. The van der Waals surface area contributed by atoms with Crippen LogP contribution in [0, 0.1) is 0 Å². The van der Waals surface area contributed by atoms with Gasteiger partial charge in [0.1, 0.15) is 11.4 Å². The first-order chi connectivity index (χ1) is 10.7. The molecule has 2 aromatic heterocycles. The molecule has 6 heteroatoms. The molecule has 0 spiro atoms. The van der Waals surface area contributed by atoms with Gasteiger partial charge in [0, 0.05) is 28.4 Å². The van der Waals surface area contributed by atoms with E-state index in [1.165, 1.54) is 11.8 Å². The third-order valence-corrected chi connectivity index (χ3v) is 4.45. The van der Waals surface area contributed by atoms with Gasteiger partial charge in [-0.25, -0.2) is 14.3 Å². The van der Waals surface area contributed by atoms with Crippen LogP contribution in [0.15, 0.2) is 53.7 Å². The summed E-state index contributed by atoms with van der Waals surface area (Å²) < 4.78 is 6.27. The molecule has 0 radical (unpaired) electrons. The van der Waals surface area contributed by atoms with Crippen LogP contribution in [-0.2, 0) is 5.75 Å². The lowest BCUT2D eigenvalue weighted by Gasteiger charge is -2.05. The summed E-state index contributed by atoms with van der Waals surface area (Å²) >= 11 is 1.65. The average Bonchev–Trinajstić information content (AvgIpc) is 2.98. The number of carbonyl (C=O) groups is 1. The fourth-order valence-electron chi connectivity index (χ4n) is 2.18. The lowest BCUT2D eigenvalue weighted by Crippen LogP contribution is -2.06. The van der Waals surface area contributed by atoms with E-state index in [4.69, 9.17) is 9.84 Å². The molecule has 22 heavy (non-hydrogen) atoms. The van der Waals surface area contributed by atoms with Crippen LogP contribution < -0.4 is 4.74 Å². The molecular formula is C16H14N2O3S. The number of rotatable bonds is 4. The molecule has 0 unspecified atom stereocenters. The molecule has 0 saturated carbocycles. The zero-order chi connectivity index (χ0) is 15.5. The van der Waals surface area contributed by atoms with Gasteiger partial charge in [-0.2, -0.15) is 0 Å². The second-order valence-electron chi connectivity index (χ2n) is 4.65. The Morgan fingerprint density at radius 1 is 1.27 bits per heavy atom. The number of benzene rings is 1. The number of nitrogens with zero attached hydrogens (tertiary/aromatic N) is 2. The van der Waals surface area contributed by atoms with Crippen LogP contribution in [0.2, 0.25) is 0 Å². The van der Waals surface area contributed by atoms with Crippen molar-refractivity contribution in [2.24, 2.45) is 0 Å². The van der Waals surface area contributed by atoms with Gasteiger partial charge in [0.05, 0.1) is 7.11 Å². The number of ether oxygens (including phenoxy) is 1. The molecule has 0 saturated heterocycles. The number of fused-ring (bicyclic) bond motifs is 1. The van der Waals surface area contributed by atoms with Gasteiger partial charge in [-0.3, -0.25) is 0 Å². The molecular weight excluding hydrogens is 300 g/mol. The van der Waals surface area contributed by atoms with Gasteiger partial charge in [0.15, 0.2) is 0 Å². The molecule has 0 atom stereocenters. The molecule has 0 bridgehead atoms. The number of hydrogen-bond donors (Lipinski definition) is 1. The predicted octanol–water partition coefficient (Wildman–Crippen LogP) is 3.86. The van der Waals surface area contributed by atoms with Crippen LogP contribution in [0.1, 0.15) is 5.56 Å². The van der Waals surface area contributed by atoms with E-state index in [-0.39, 0.29) is 0 Å². The highest BCUT2D eigenvalue weighted by molar-refractivity contribution is 7.98. The van der Waals surface area contributed by atoms with E-state index in [9.17, 15) is 4.79 Å². The monoisotopic (exact) mass is 314 g/mol. The second-order valence-corrected chi connectivity index (χ2v) is 5.67. The van der Waals surface area contributed by atoms with Crippen molar-refractivity contribution in [3.8, 4) is 5.75 Å². The SMILES string of the molecule is COc1ccc(CSc2ccnc3c2ccn3C(=O)O)cc1. The van der Waals surface area contributed by atoms with Crippen molar-refractivity contribution in [3.05, 3.63) is 54.4 Å². The number of methoxy groups -OCH3 is 1. The topological polar surface area (TPSA) is 64.4 Å². The maximum absolute atomic E-state index is 11.1. The summed E-state index contributed by atoms with van der Waals surface area (Å²) in [4.78, 5) is 16.3. The van der Waals surface area contributed by atoms with Crippen LogP contribution in [0.4, 0.5) is 4.79 Å². The first-order valence-electron chi connectivity index (χ1n) is 6.64. The third-order valence-electron chi connectivity index (χ3n) is 3.31. The van der Waals surface area contributed by atoms with Crippen molar-refractivity contribution in [2.75, 3.05) is 7.11 Å². The maximum atomic E-state index is 11.1. The number of thioether (sulfide) groups is 1. The van der Waals surface area contributed by atoms with Crippen LogP contribution in [0.3, 0.4) is 0 Å². The second kappa shape index (κ2) is 6.11. The number of pyridine rings is 1. The predicted molar refractivity (Wildman–Crippen MR) is 85.7 cm³/mol. The molecule has 3 aromatic rings. The van der Waals surface area contributed by atoms with Gasteiger partial charge in [0.25, 0.3) is 0 Å². The molecule has 1 N–H and O–H groups in total. The summed E-state index contributed by atoms with van der Waals surface area (Å²) in [6.07, 6.45) is 2.13. The van der Waals surface area contributed by atoms with Crippen molar-refractivity contribution in [3.63, 3.8) is 0 Å². The van der Waals surface area contributed by atoms with Gasteiger partial charge in [-0.1, -0.05) is 12.1 Å². The van der Waals surface area contributed by atoms with Gasteiger partial charge in [-0.05, 0) is 29.8 Å². The summed E-state index contributed by atoms with van der Waals surface area (Å²) in [5.41, 5.74) is 1.64. The zero-order valence-corrected chi connectivity index (χ0v) is 12.7. The van der Waals surface area contributed by atoms with E-state index >= 15 is 0 Å². The van der Waals surface area contributed by atoms with Crippen LogP contribution in [0.25, 0.3) is 11.0 Å². The standard InChI is InChI=1S/C16H14N2O3S/c1-21-12-4-2-11(3-5-12)10-22-14-6-8-17-15-13(14)7-9-18(15)16(19)20/h2-9H,10H2,1H3,(H,19,20). The average molecular weight is 314 g/mol. The summed E-state index contributed by atoms with van der Waals surface area (Å²) in [5, 5.41) is 9.97. The normalized spacial score (nSPS) is 10.8. The van der Waals surface area contributed by atoms with Crippen LogP contribution >= 0.6 is 11.8 Å². The van der Waals surface area contributed by atoms with Crippen molar-refractivity contribution in [1.29, 1.82) is 0 Å². The lowest BCUT2D eigenvalue weighted by molar-refractivity contribution is 0.197. The fourth-order valence-corrected chi connectivity index (χ4v) is 3.16. The Bertz CT molecular complexity index is 812. The van der Waals surface area contributed by atoms with E-state index in [1.54, 1.807) is 31.1 Å². The Hall–Kier alpha value is -2.47. The Kier molecular flexibility index (Phi) is 4.02. The highest BCUT2D eigenvalue weighted by atomic mass is 32.2. The molecule has 0 aliphatic carbocycles. The molecule has 0 fully saturated rings. The zero-order valence-electron chi connectivity index (χ0n) is 11.9. The van der Waals surface area contributed by atoms with E-state index in [0.29, 0.717) is 5.65 Å². The van der Waals surface area contributed by atoms with E-state index in [1.807, 2.05) is 30.3 Å². The Labute approximate surface area is 131 Å². The van der Waals surface area contributed by atoms with Gasteiger partial charge < -0.3 is 9.84 Å². The molecule has 0 aliphatic heterocycles. The molecule has 2 heterocycles. The van der Waals surface area contributed by atoms with Crippen molar-refractivity contribution in [1.82, 2.24) is 9.55 Å². The highest BCUT2D eigenvalue weighted by Gasteiger charge is 2.11. The Morgan fingerprint density at radius 3 is 2.73 bits per heavy atom. The van der Waals surface area contributed by atoms with Crippen molar-refractivity contribution < 1.29 is 14.6 Å². The highest BCUT2D eigenvalue weighted by Crippen LogP contribution is 2.30. The smallest absolute Gasteiger partial charge is 0.417 e. The third kappa shape index (κ3) is 2.78. The maximum Gasteiger partial charge on any atom is 0.417 e. The molecule has 5 nitrogen and oxygen atoms in total. The largest absolute Gasteiger partial charge is 0.497 e. The summed E-state index contributed by atoms with van der Waals surface area (Å²) in [7, 11) is 1.64. The Morgan fingerprint density at radius 2 is 2.05 bits per heavy atom. The van der Waals surface area contributed by atoms with Gasteiger partial charge in [0.2, 0.25) is 0 Å². The molecule has 0 aliphatic rings. The van der Waals surface area contributed by atoms with Gasteiger partial charge in [-0.15, -0.1) is 11.8 Å². The fraction of sp³-hybridized carbons (Fsp3) is 0.125. The minimum Gasteiger partial charge on any atom is -0.497 e. The summed E-state index contributed by atoms with van der Waals surface area (Å²) in [5.74, 6) is 1.63. The van der Waals surface area contributed by atoms with E-state index in [0.717, 1.165) is 26.4 Å². The summed E-state index contributed by atoms with van der Waals surface area (Å²) in [6, 6.07) is 11.6. The lowest BCUT2D eigenvalue weighted by atomic mass is 10.2. The van der Waals surface area contributed by atoms with Crippen molar-refractivity contribution >= 4 is 28.9 Å². The number of aromatic nitrogens is 2. The number of carboxylic acid groups (broad SMARTS) is 1. The molecule has 1 aromatic carbocycles. The quantitative estimate of drug-likeness (QED) is 0.741. The summed E-state index contributed by atoms with van der Waals surface area (Å²) in [6.45, 7) is 0. The molecule has 0 amide bonds. The van der Waals surface area contributed by atoms with Crippen molar-refractivity contribution in [2.45, 2.75) is 10.6 Å². The minimum atomic E-state index is -1.03. The molecule has 112 valence electrons. The van der Waals surface area contributed by atoms with E-state index < -0.39 is 6.09 Å². The number of hydrogen-bond acceptors (Lipinski definition) is 4. The first-order valence-corrected chi connectivity index (χ1v) is 7.62. The van der Waals surface area contributed by atoms with Crippen LogP contribution in [0.5, 0.6) is 5.75 Å². The Balaban J connectivity index is 1.83. The first kappa shape index (κ1) is 14.5. The van der Waals surface area contributed by atoms with Crippen LogP contribution in [-0.4, -0.2) is 27.9 Å². The molecule has 3 rings (SSSR count). The van der Waals surface area contributed by atoms with E-state index in [2.05, 4.69) is 4.98 Å². The van der Waals surface area contributed by atoms with Gasteiger partial charge >= 0.3 is 6.09 Å².